The Bertz CT molecular complexity index is 353. The summed E-state index contributed by atoms with van der Waals surface area (Å²) < 4.78 is 0. The van der Waals surface area contributed by atoms with Crippen LogP contribution in [0.4, 0.5) is 0 Å². The summed E-state index contributed by atoms with van der Waals surface area (Å²) in [5, 5.41) is 3.25. The van der Waals surface area contributed by atoms with E-state index >= 15 is 0 Å². The van der Waals surface area contributed by atoms with Crippen LogP contribution in [0.1, 0.15) is 27.2 Å². The largest absolute Gasteiger partial charge is 0.326 e. The molecule has 3 N–H and O–H groups in total. The molecule has 0 radical (unpaired) electrons. The highest BCUT2D eigenvalue weighted by molar-refractivity contribution is 8.03. The topological polar surface area (TPSA) is 36.1 Å². The summed E-state index contributed by atoms with van der Waals surface area (Å²) >= 11 is 1.95. The third-order valence-electron chi connectivity index (χ3n) is 4.27. The summed E-state index contributed by atoms with van der Waals surface area (Å²) in [6, 6.07) is 0. The lowest BCUT2D eigenvalue weighted by Gasteiger charge is -2.39. The number of hydrazine groups is 1. The van der Waals surface area contributed by atoms with Gasteiger partial charge in [0, 0.05) is 22.3 Å². The summed E-state index contributed by atoms with van der Waals surface area (Å²) in [5.41, 5.74) is 6.66. The van der Waals surface area contributed by atoms with Gasteiger partial charge in [-0.05, 0) is 25.3 Å². The molecule has 1 heterocycles. The summed E-state index contributed by atoms with van der Waals surface area (Å²) in [6.45, 7) is 7.04. The molecule has 0 aromatic carbocycles. The van der Waals surface area contributed by atoms with Gasteiger partial charge < -0.3 is 10.7 Å². The van der Waals surface area contributed by atoms with Crippen LogP contribution in [0.15, 0.2) is 23.3 Å². The van der Waals surface area contributed by atoms with Gasteiger partial charge in [-0.1, -0.05) is 32.9 Å². The molecule has 0 aromatic heterocycles. The van der Waals surface area contributed by atoms with Gasteiger partial charge in [0.1, 0.15) is 0 Å². The first-order valence-corrected chi connectivity index (χ1v) is 7.76. The van der Waals surface area contributed by atoms with Crippen LogP contribution in [0.25, 0.3) is 0 Å². The highest BCUT2D eigenvalue weighted by Gasteiger charge is 2.36. The Balaban J connectivity index is 2.15. The number of allylic oxidation sites excluding steroid dienone is 3. The van der Waals surface area contributed by atoms with E-state index in [0.29, 0.717) is 18.0 Å². The van der Waals surface area contributed by atoms with E-state index in [0.717, 1.165) is 5.75 Å². The fourth-order valence-corrected chi connectivity index (χ4v) is 3.98. The predicted octanol–water partition coefficient (Wildman–Crippen LogP) is 2.45. The van der Waals surface area contributed by atoms with Crippen LogP contribution in [0.2, 0.25) is 0 Å². The van der Waals surface area contributed by atoms with Crippen molar-refractivity contribution in [3.8, 4) is 0 Å². The van der Waals surface area contributed by atoms with Crippen LogP contribution < -0.4 is 16.2 Å². The van der Waals surface area contributed by atoms with Crippen molar-refractivity contribution in [2.75, 3.05) is 12.8 Å². The second-order valence-electron chi connectivity index (χ2n) is 5.71. The van der Waals surface area contributed by atoms with E-state index in [1.807, 2.05) is 18.8 Å². The summed E-state index contributed by atoms with van der Waals surface area (Å²) in [6.07, 6.45) is 8.50. The lowest BCUT2D eigenvalue weighted by molar-refractivity contribution is 0.279. The molecule has 1 aliphatic carbocycles. The average molecular weight is 267 g/mol. The number of rotatable bonds is 2. The molecule has 4 heteroatoms. The fourth-order valence-electron chi connectivity index (χ4n) is 2.67. The van der Waals surface area contributed by atoms with E-state index in [4.69, 9.17) is 0 Å². The van der Waals surface area contributed by atoms with E-state index < -0.39 is 0 Å². The third-order valence-corrected chi connectivity index (χ3v) is 5.63. The molecule has 0 spiro atoms. The zero-order valence-electron chi connectivity index (χ0n) is 11.8. The first-order valence-electron chi connectivity index (χ1n) is 6.77. The molecule has 0 aromatic rings. The van der Waals surface area contributed by atoms with Crippen LogP contribution in [0, 0.1) is 17.3 Å². The molecular formula is C14H25N3S. The van der Waals surface area contributed by atoms with Crippen LogP contribution in [-0.2, 0) is 0 Å². The molecule has 1 aliphatic heterocycles. The van der Waals surface area contributed by atoms with Gasteiger partial charge in [-0.15, -0.1) is 11.8 Å². The quantitative estimate of drug-likeness (QED) is 0.672. The Morgan fingerprint density at radius 2 is 2.22 bits per heavy atom. The molecule has 18 heavy (non-hydrogen) atoms. The maximum atomic E-state index is 3.26. The average Bonchev–Trinajstić information content (AvgIpc) is 2.60. The van der Waals surface area contributed by atoms with E-state index in [1.165, 1.54) is 11.3 Å². The number of hydrogen-bond acceptors (Lipinski definition) is 4. The monoisotopic (exact) mass is 267 g/mol. The lowest BCUT2D eigenvalue weighted by Crippen LogP contribution is -2.46. The Morgan fingerprint density at radius 3 is 2.89 bits per heavy atom. The van der Waals surface area contributed by atoms with Crippen molar-refractivity contribution in [1.29, 1.82) is 0 Å². The highest BCUT2D eigenvalue weighted by Crippen LogP contribution is 2.48. The zero-order valence-corrected chi connectivity index (χ0v) is 12.6. The molecule has 0 fully saturated rings. The van der Waals surface area contributed by atoms with Crippen LogP contribution >= 0.6 is 11.8 Å². The molecule has 1 unspecified atom stereocenters. The van der Waals surface area contributed by atoms with Crippen molar-refractivity contribution in [1.82, 2.24) is 16.2 Å². The molecule has 0 amide bonds. The molecule has 2 rings (SSSR count). The Kier molecular flexibility index (Phi) is 4.41. The van der Waals surface area contributed by atoms with Gasteiger partial charge in [-0.2, -0.15) is 0 Å². The van der Waals surface area contributed by atoms with Crippen molar-refractivity contribution in [3.05, 3.63) is 23.3 Å². The van der Waals surface area contributed by atoms with Crippen molar-refractivity contribution in [2.45, 2.75) is 33.4 Å². The van der Waals surface area contributed by atoms with E-state index in [1.54, 1.807) is 0 Å². The second kappa shape index (κ2) is 5.68. The van der Waals surface area contributed by atoms with Crippen LogP contribution in [-0.4, -0.2) is 19.0 Å². The Morgan fingerprint density at radius 1 is 1.44 bits per heavy atom. The van der Waals surface area contributed by atoms with Gasteiger partial charge in [0.25, 0.3) is 0 Å². The van der Waals surface area contributed by atoms with Crippen molar-refractivity contribution >= 4 is 11.8 Å². The molecule has 102 valence electrons. The summed E-state index contributed by atoms with van der Waals surface area (Å²) in [7, 11) is 1.98. The van der Waals surface area contributed by atoms with Gasteiger partial charge in [0.05, 0.1) is 6.17 Å². The highest BCUT2D eigenvalue weighted by atomic mass is 32.2. The minimum Gasteiger partial charge on any atom is -0.326 e. The fraction of sp³-hybridized carbons (Fsp3) is 0.714. The Hall–Kier alpha value is -0.450. The summed E-state index contributed by atoms with van der Waals surface area (Å²) in [4.78, 5) is 1.43. The molecule has 0 saturated carbocycles. The van der Waals surface area contributed by atoms with Gasteiger partial charge in [0.15, 0.2) is 0 Å². The molecule has 4 atom stereocenters. The standard InChI is InChI=1S/C14H25N3S/c1-10-5-6-14(3,11(2)7-10)12-8-16-17-13(15-4)9-18-12/h5-6,8,10-11,13,15-17H,7,9H2,1-4H3/t10-,11-,13-,14?/m0/s1. The Labute approximate surface area is 115 Å². The third kappa shape index (κ3) is 2.76. The first-order chi connectivity index (χ1) is 8.56. The maximum absolute atomic E-state index is 3.26. The minimum absolute atomic E-state index is 0.175. The SMILES string of the molecule is CN[C@@H]1CSC(C2(C)C=C[C@H](C)C[C@@H]2C)=CNN1. The first kappa shape index (κ1) is 14.0. The van der Waals surface area contributed by atoms with Crippen molar-refractivity contribution < 1.29 is 0 Å². The number of hydrogen-bond donors (Lipinski definition) is 3. The maximum Gasteiger partial charge on any atom is 0.0842 e. The molecular weight excluding hydrogens is 242 g/mol. The zero-order chi connectivity index (χ0) is 13.2. The second-order valence-corrected chi connectivity index (χ2v) is 6.77. The predicted molar refractivity (Wildman–Crippen MR) is 79.9 cm³/mol. The molecule has 3 nitrogen and oxygen atoms in total. The number of nitrogens with one attached hydrogen (secondary N) is 3. The molecule has 2 aliphatic rings. The number of thioether (sulfide) groups is 1. The van der Waals surface area contributed by atoms with Gasteiger partial charge >= 0.3 is 0 Å². The smallest absolute Gasteiger partial charge is 0.0842 e. The van der Waals surface area contributed by atoms with Gasteiger partial charge in [0.2, 0.25) is 0 Å². The van der Waals surface area contributed by atoms with E-state index in [-0.39, 0.29) is 5.41 Å². The lowest BCUT2D eigenvalue weighted by atomic mass is 9.70. The van der Waals surface area contributed by atoms with E-state index in [9.17, 15) is 0 Å². The van der Waals surface area contributed by atoms with E-state index in [2.05, 4.69) is 55.3 Å². The van der Waals surface area contributed by atoms with Gasteiger partial charge in [-0.25, -0.2) is 5.43 Å². The summed E-state index contributed by atoms with van der Waals surface area (Å²) in [5.74, 6) is 2.44. The van der Waals surface area contributed by atoms with Crippen molar-refractivity contribution in [2.24, 2.45) is 17.3 Å². The van der Waals surface area contributed by atoms with Crippen LogP contribution in [0.5, 0.6) is 0 Å². The normalized spacial score (nSPS) is 40.9. The molecule has 0 saturated heterocycles. The van der Waals surface area contributed by atoms with Crippen LogP contribution in [0.3, 0.4) is 0 Å². The van der Waals surface area contributed by atoms with Crippen molar-refractivity contribution in [3.63, 3.8) is 0 Å². The van der Waals surface area contributed by atoms with Gasteiger partial charge in [-0.3, -0.25) is 0 Å². The molecule has 0 bridgehead atoms. The minimum atomic E-state index is 0.175.